The van der Waals surface area contributed by atoms with Crippen molar-refractivity contribution in [2.75, 3.05) is 0 Å². The van der Waals surface area contributed by atoms with E-state index in [2.05, 4.69) is 0 Å². The highest BCUT2D eigenvalue weighted by molar-refractivity contribution is 6.03. The number of benzene rings is 3. The van der Waals surface area contributed by atoms with Crippen LogP contribution < -0.4 is 4.74 Å². The minimum absolute atomic E-state index is 0.136. The second kappa shape index (κ2) is 8.10. The van der Waals surface area contributed by atoms with Gasteiger partial charge in [-0.3, -0.25) is 4.79 Å². The van der Waals surface area contributed by atoms with E-state index in [4.69, 9.17) is 9.47 Å². The van der Waals surface area contributed by atoms with Crippen LogP contribution in [-0.4, -0.2) is 17.7 Å². The molecule has 3 aromatic rings. The van der Waals surface area contributed by atoms with Crippen molar-refractivity contribution >= 4 is 17.7 Å². The number of hydrogen-bond acceptors (Lipinski definition) is 5. The van der Waals surface area contributed by atoms with E-state index in [-0.39, 0.29) is 18.0 Å². The van der Waals surface area contributed by atoms with E-state index in [0.29, 0.717) is 28.7 Å². The zero-order chi connectivity index (χ0) is 20.2. The third-order valence-corrected chi connectivity index (χ3v) is 4.79. The molecule has 0 amide bonds. The Labute approximate surface area is 167 Å². The van der Waals surface area contributed by atoms with Crippen molar-refractivity contribution in [2.24, 2.45) is 0 Å². The maximum absolute atomic E-state index is 12.6. The largest absolute Gasteiger partial charge is 0.454 e. The Morgan fingerprint density at radius 3 is 2.03 bits per heavy atom. The average molecular weight is 386 g/mol. The van der Waals surface area contributed by atoms with Crippen LogP contribution in [0.4, 0.5) is 0 Å². The van der Waals surface area contributed by atoms with Gasteiger partial charge in [-0.2, -0.15) is 0 Å². The first-order chi connectivity index (χ1) is 14.1. The van der Waals surface area contributed by atoms with Gasteiger partial charge < -0.3 is 9.47 Å². The summed E-state index contributed by atoms with van der Waals surface area (Å²) < 4.78 is 11.2. The van der Waals surface area contributed by atoms with Crippen LogP contribution in [0, 0.1) is 0 Å². The van der Waals surface area contributed by atoms with Crippen molar-refractivity contribution in [3.05, 3.63) is 101 Å². The molecule has 1 aliphatic rings. The van der Waals surface area contributed by atoms with E-state index in [1.807, 2.05) is 6.07 Å². The normalized spacial score (nSPS) is 15.3. The smallest absolute Gasteiger partial charge is 0.343 e. The van der Waals surface area contributed by atoms with E-state index < -0.39 is 18.0 Å². The van der Waals surface area contributed by atoms with E-state index in [0.717, 1.165) is 0 Å². The van der Waals surface area contributed by atoms with Gasteiger partial charge in [0.15, 0.2) is 5.78 Å². The summed E-state index contributed by atoms with van der Waals surface area (Å²) in [5.74, 6) is -0.955. The standard InChI is InChI=1S/C24H18O5/c25-19-14-15-20(28-23(26)16-8-3-1-4-9-16)18-12-7-13-21(22(18)19)29-24(27)17-10-5-2-6-11-17/h1-13,20H,14-15H2/t20-/m0/s1. The van der Waals surface area contributed by atoms with Crippen LogP contribution in [0.2, 0.25) is 0 Å². The minimum atomic E-state index is -0.578. The summed E-state index contributed by atoms with van der Waals surface area (Å²) in [5, 5.41) is 0. The van der Waals surface area contributed by atoms with Gasteiger partial charge in [-0.1, -0.05) is 48.5 Å². The Morgan fingerprint density at radius 2 is 1.38 bits per heavy atom. The Hall–Kier alpha value is -3.73. The molecule has 0 N–H and O–H groups in total. The molecule has 0 unspecified atom stereocenters. The highest BCUT2D eigenvalue weighted by Crippen LogP contribution is 2.38. The summed E-state index contributed by atoms with van der Waals surface area (Å²) in [6.45, 7) is 0. The van der Waals surface area contributed by atoms with Gasteiger partial charge in [-0.15, -0.1) is 0 Å². The Balaban J connectivity index is 1.61. The van der Waals surface area contributed by atoms with Gasteiger partial charge in [-0.25, -0.2) is 9.59 Å². The summed E-state index contributed by atoms with van der Waals surface area (Å²) in [5.41, 5.74) is 1.69. The minimum Gasteiger partial charge on any atom is -0.454 e. The molecule has 0 saturated heterocycles. The molecule has 0 heterocycles. The molecule has 144 valence electrons. The lowest BCUT2D eigenvalue weighted by atomic mass is 9.87. The first-order valence-corrected chi connectivity index (χ1v) is 9.33. The molecule has 0 bridgehead atoms. The fourth-order valence-electron chi connectivity index (χ4n) is 3.37. The van der Waals surface area contributed by atoms with Crippen LogP contribution >= 0.6 is 0 Å². The third-order valence-electron chi connectivity index (χ3n) is 4.79. The predicted molar refractivity (Wildman–Crippen MR) is 106 cm³/mol. The number of Topliss-reactive ketones (excluding diaryl/α,β-unsaturated/α-hetero) is 1. The molecule has 0 fully saturated rings. The lowest BCUT2D eigenvalue weighted by Gasteiger charge is -2.26. The van der Waals surface area contributed by atoms with Crippen LogP contribution in [-0.2, 0) is 4.74 Å². The fraction of sp³-hybridized carbons (Fsp3) is 0.125. The van der Waals surface area contributed by atoms with Gasteiger partial charge in [0.25, 0.3) is 0 Å². The maximum Gasteiger partial charge on any atom is 0.343 e. The van der Waals surface area contributed by atoms with Crippen molar-refractivity contribution in [1.29, 1.82) is 0 Å². The highest BCUT2D eigenvalue weighted by Gasteiger charge is 2.32. The topological polar surface area (TPSA) is 69.7 Å². The number of carbonyl (C=O) groups excluding carboxylic acids is 3. The van der Waals surface area contributed by atoms with Crippen molar-refractivity contribution in [1.82, 2.24) is 0 Å². The van der Waals surface area contributed by atoms with E-state index in [9.17, 15) is 14.4 Å². The first kappa shape index (κ1) is 18.6. The van der Waals surface area contributed by atoms with Crippen LogP contribution in [0.25, 0.3) is 0 Å². The van der Waals surface area contributed by atoms with Gasteiger partial charge in [0.2, 0.25) is 0 Å². The van der Waals surface area contributed by atoms with Crippen LogP contribution in [0.1, 0.15) is 55.6 Å². The average Bonchev–Trinajstić information content (AvgIpc) is 2.77. The molecule has 0 aliphatic heterocycles. The molecule has 3 aromatic carbocycles. The molecule has 1 aliphatic carbocycles. The number of hydrogen-bond donors (Lipinski definition) is 0. The number of fused-ring (bicyclic) bond motifs is 1. The number of esters is 2. The first-order valence-electron chi connectivity index (χ1n) is 9.33. The van der Waals surface area contributed by atoms with Gasteiger partial charge in [-0.05, 0) is 36.8 Å². The number of ether oxygens (including phenoxy) is 2. The van der Waals surface area contributed by atoms with Crippen molar-refractivity contribution in [3.8, 4) is 5.75 Å². The molecular weight excluding hydrogens is 368 g/mol. The van der Waals surface area contributed by atoms with Crippen LogP contribution in [0.5, 0.6) is 5.75 Å². The molecule has 0 spiro atoms. The van der Waals surface area contributed by atoms with Crippen LogP contribution in [0.3, 0.4) is 0 Å². The second-order valence-electron chi connectivity index (χ2n) is 6.70. The monoisotopic (exact) mass is 386 g/mol. The fourth-order valence-corrected chi connectivity index (χ4v) is 3.37. The lowest BCUT2D eigenvalue weighted by Crippen LogP contribution is -2.22. The molecule has 5 heteroatoms. The van der Waals surface area contributed by atoms with E-state index >= 15 is 0 Å². The summed E-state index contributed by atoms with van der Waals surface area (Å²) in [7, 11) is 0. The van der Waals surface area contributed by atoms with Gasteiger partial charge in [0.1, 0.15) is 11.9 Å². The van der Waals surface area contributed by atoms with Gasteiger partial charge in [0, 0.05) is 12.0 Å². The summed E-state index contributed by atoms with van der Waals surface area (Å²) in [4.78, 5) is 37.5. The molecule has 5 nitrogen and oxygen atoms in total. The van der Waals surface area contributed by atoms with Crippen molar-refractivity contribution in [2.45, 2.75) is 18.9 Å². The second-order valence-corrected chi connectivity index (χ2v) is 6.70. The zero-order valence-electron chi connectivity index (χ0n) is 15.5. The van der Waals surface area contributed by atoms with Crippen molar-refractivity contribution in [3.63, 3.8) is 0 Å². The van der Waals surface area contributed by atoms with Crippen molar-refractivity contribution < 1.29 is 23.9 Å². The predicted octanol–water partition coefficient (Wildman–Crippen LogP) is 4.78. The summed E-state index contributed by atoms with van der Waals surface area (Å²) in [6, 6.07) is 22.3. The SMILES string of the molecule is O=C(Oc1cccc2c1C(=O)CC[C@@H]2OC(=O)c1ccccc1)c1ccccc1. The third kappa shape index (κ3) is 3.94. The molecule has 29 heavy (non-hydrogen) atoms. The van der Waals surface area contributed by atoms with E-state index in [1.54, 1.807) is 72.8 Å². The zero-order valence-corrected chi connectivity index (χ0v) is 15.5. The Bertz CT molecular complexity index is 1060. The van der Waals surface area contributed by atoms with Crippen LogP contribution in [0.15, 0.2) is 78.9 Å². The number of rotatable bonds is 4. The number of carbonyl (C=O) groups is 3. The van der Waals surface area contributed by atoms with Gasteiger partial charge >= 0.3 is 11.9 Å². The van der Waals surface area contributed by atoms with E-state index in [1.165, 1.54) is 0 Å². The molecule has 4 rings (SSSR count). The molecule has 0 radical (unpaired) electrons. The summed E-state index contributed by atoms with van der Waals surface area (Å²) in [6.07, 6.45) is 0.0194. The Morgan fingerprint density at radius 1 is 0.759 bits per heavy atom. The molecule has 1 atom stereocenters. The number of ketones is 1. The molecular formula is C24H18O5. The summed E-state index contributed by atoms with van der Waals surface area (Å²) >= 11 is 0. The molecule has 0 saturated carbocycles. The highest BCUT2D eigenvalue weighted by atomic mass is 16.5. The lowest BCUT2D eigenvalue weighted by molar-refractivity contribution is 0.0250. The molecule has 0 aromatic heterocycles. The maximum atomic E-state index is 12.6. The van der Waals surface area contributed by atoms with Gasteiger partial charge in [0.05, 0.1) is 16.7 Å². The quantitative estimate of drug-likeness (QED) is 0.477. The Kier molecular flexibility index (Phi) is 5.20.